The molecule has 0 spiro atoms. The standard InChI is InChI=1S/C22H25ClN2O6S/c1-25(2)21(26)20(15-7-4-3-5-8-15)31-22(27)16-10-11-18(23)19(13-16)32(28,29)24-14-17-9-6-12-30-17/h3-5,7-8,10-11,13,17,20,24H,6,9,12,14H2,1-2H3. The predicted molar refractivity (Wildman–Crippen MR) is 119 cm³/mol. The number of carbonyl (C=O) groups is 2. The monoisotopic (exact) mass is 480 g/mol. The Labute approximate surface area is 192 Å². The number of likely N-dealkylation sites (N-methyl/N-ethyl adjacent to an activating group) is 1. The summed E-state index contributed by atoms with van der Waals surface area (Å²) in [6.07, 6.45) is 0.277. The van der Waals surface area contributed by atoms with Crippen LogP contribution in [0.3, 0.4) is 0 Å². The fourth-order valence-electron chi connectivity index (χ4n) is 3.22. The van der Waals surface area contributed by atoms with Crippen LogP contribution in [0.15, 0.2) is 53.4 Å². The molecule has 1 amide bonds. The van der Waals surface area contributed by atoms with Crippen LogP contribution in [0, 0.1) is 0 Å². The maximum Gasteiger partial charge on any atom is 0.339 e. The van der Waals surface area contributed by atoms with Gasteiger partial charge in [-0.1, -0.05) is 41.9 Å². The van der Waals surface area contributed by atoms with Crippen molar-refractivity contribution in [3.05, 3.63) is 64.7 Å². The quantitative estimate of drug-likeness (QED) is 0.583. The second-order valence-electron chi connectivity index (χ2n) is 7.56. The second kappa shape index (κ2) is 10.4. The SMILES string of the molecule is CN(C)C(=O)C(OC(=O)c1ccc(Cl)c(S(=O)(=O)NCC2CCCO2)c1)c1ccccc1. The molecule has 1 heterocycles. The number of nitrogens with one attached hydrogen (secondary N) is 1. The second-order valence-corrected chi connectivity index (χ2v) is 9.70. The first kappa shape index (κ1) is 24.2. The van der Waals surface area contributed by atoms with Crippen LogP contribution in [0.4, 0.5) is 0 Å². The van der Waals surface area contributed by atoms with Gasteiger partial charge in [0, 0.05) is 32.8 Å². The first-order chi connectivity index (χ1) is 15.2. The Balaban J connectivity index is 1.82. The summed E-state index contributed by atoms with van der Waals surface area (Å²) < 4.78 is 38.9. The molecule has 0 radical (unpaired) electrons. The molecule has 2 aromatic carbocycles. The van der Waals surface area contributed by atoms with Crippen molar-refractivity contribution in [3.8, 4) is 0 Å². The van der Waals surface area contributed by atoms with Crippen molar-refractivity contribution in [3.63, 3.8) is 0 Å². The minimum atomic E-state index is -3.99. The van der Waals surface area contributed by atoms with Gasteiger partial charge >= 0.3 is 5.97 Å². The van der Waals surface area contributed by atoms with Crippen LogP contribution in [-0.2, 0) is 24.3 Å². The molecular formula is C22H25ClN2O6S. The molecule has 8 nitrogen and oxygen atoms in total. The van der Waals surface area contributed by atoms with Crippen molar-refractivity contribution in [1.82, 2.24) is 9.62 Å². The van der Waals surface area contributed by atoms with Gasteiger partial charge in [-0.05, 0) is 31.0 Å². The lowest BCUT2D eigenvalue weighted by Gasteiger charge is -2.21. The summed E-state index contributed by atoms with van der Waals surface area (Å²) in [5.41, 5.74) is 0.457. The molecule has 2 unspecified atom stereocenters. The minimum Gasteiger partial charge on any atom is -0.444 e. The zero-order chi connectivity index (χ0) is 23.3. The van der Waals surface area contributed by atoms with E-state index in [0.717, 1.165) is 18.9 Å². The number of hydrogen-bond donors (Lipinski definition) is 1. The summed E-state index contributed by atoms with van der Waals surface area (Å²) in [6, 6.07) is 12.4. The fourth-order valence-corrected chi connectivity index (χ4v) is 4.81. The Kier molecular flexibility index (Phi) is 7.89. The molecule has 2 aromatic rings. The number of nitrogens with zero attached hydrogens (tertiary/aromatic N) is 1. The van der Waals surface area contributed by atoms with Crippen LogP contribution in [0.1, 0.15) is 34.9 Å². The summed E-state index contributed by atoms with van der Waals surface area (Å²) >= 11 is 6.11. The molecule has 2 atom stereocenters. The highest BCUT2D eigenvalue weighted by atomic mass is 35.5. The van der Waals surface area contributed by atoms with E-state index in [2.05, 4.69) is 4.72 Å². The van der Waals surface area contributed by atoms with Crippen molar-refractivity contribution < 1.29 is 27.5 Å². The zero-order valence-corrected chi connectivity index (χ0v) is 19.4. The molecule has 1 N–H and O–H groups in total. The number of esters is 1. The molecule has 1 aliphatic heterocycles. The number of hydrogen-bond acceptors (Lipinski definition) is 6. The van der Waals surface area contributed by atoms with Crippen LogP contribution >= 0.6 is 11.6 Å². The molecule has 1 aliphatic rings. The van der Waals surface area contributed by atoms with E-state index in [1.54, 1.807) is 44.4 Å². The van der Waals surface area contributed by atoms with Crippen LogP contribution in [0.2, 0.25) is 5.02 Å². The van der Waals surface area contributed by atoms with E-state index in [1.807, 2.05) is 0 Å². The van der Waals surface area contributed by atoms with Crippen LogP contribution < -0.4 is 4.72 Å². The van der Waals surface area contributed by atoms with Gasteiger partial charge in [-0.15, -0.1) is 0 Å². The molecule has 0 aliphatic carbocycles. The first-order valence-corrected chi connectivity index (χ1v) is 11.9. The van der Waals surface area contributed by atoms with Crippen molar-refractivity contribution in [2.75, 3.05) is 27.2 Å². The zero-order valence-electron chi connectivity index (χ0n) is 17.8. The average molecular weight is 481 g/mol. The van der Waals surface area contributed by atoms with E-state index < -0.39 is 28.0 Å². The molecule has 1 fully saturated rings. The number of halogens is 1. The largest absolute Gasteiger partial charge is 0.444 e. The van der Waals surface area contributed by atoms with Gasteiger partial charge in [0.05, 0.1) is 16.7 Å². The van der Waals surface area contributed by atoms with Gasteiger partial charge < -0.3 is 14.4 Å². The molecule has 0 aromatic heterocycles. The van der Waals surface area contributed by atoms with E-state index in [0.29, 0.717) is 12.2 Å². The molecule has 1 saturated heterocycles. The Hall–Kier alpha value is -2.46. The van der Waals surface area contributed by atoms with Gasteiger partial charge in [0.2, 0.25) is 16.1 Å². The smallest absolute Gasteiger partial charge is 0.339 e. The lowest BCUT2D eigenvalue weighted by molar-refractivity contribution is -0.138. The molecule has 0 saturated carbocycles. The van der Waals surface area contributed by atoms with Crippen molar-refractivity contribution in [2.24, 2.45) is 0 Å². The number of benzene rings is 2. The summed E-state index contributed by atoms with van der Waals surface area (Å²) in [6.45, 7) is 0.712. The van der Waals surface area contributed by atoms with Crippen LogP contribution in [-0.4, -0.2) is 58.5 Å². The molecule has 0 bridgehead atoms. The summed E-state index contributed by atoms with van der Waals surface area (Å²) in [7, 11) is -0.881. The van der Waals surface area contributed by atoms with Gasteiger partial charge in [-0.3, -0.25) is 4.79 Å². The number of rotatable bonds is 8. The van der Waals surface area contributed by atoms with Gasteiger partial charge in [-0.2, -0.15) is 0 Å². The summed E-state index contributed by atoms with van der Waals surface area (Å²) in [4.78, 5) is 26.5. The highest BCUT2D eigenvalue weighted by molar-refractivity contribution is 7.89. The predicted octanol–water partition coefficient (Wildman–Crippen LogP) is 2.78. The lowest BCUT2D eigenvalue weighted by atomic mass is 10.1. The van der Waals surface area contributed by atoms with E-state index in [9.17, 15) is 18.0 Å². The van der Waals surface area contributed by atoms with E-state index in [1.165, 1.54) is 17.0 Å². The molecular weight excluding hydrogens is 456 g/mol. The van der Waals surface area contributed by atoms with Gasteiger partial charge in [0.15, 0.2) is 0 Å². The van der Waals surface area contributed by atoms with Crippen LogP contribution in [0.25, 0.3) is 0 Å². The third-order valence-electron chi connectivity index (χ3n) is 4.97. The third kappa shape index (κ3) is 5.86. The Morgan fingerprint density at radius 2 is 1.94 bits per heavy atom. The van der Waals surface area contributed by atoms with Crippen molar-refractivity contribution >= 4 is 33.5 Å². The highest BCUT2D eigenvalue weighted by Gasteiger charge is 2.28. The van der Waals surface area contributed by atoms with E-state index in [4.69, 9.17) is 21.1 Å². The Morgan fingerprint density at radius 3 is 2.56 bits per heavy atom. The Morgan fingerprint density at radius 1 is 1.22 bits per heavy atom. The van der Waals surface area contributed by atoms with E-state index in [-0.39, 0.29) is 28.1 Å². The maximum absolute atomic E-state index is 12.8. The fraction of sp³-hybridized carbons (Fsp3) is 0.364. The highest BCUT2D eigenvalue weighted by Crippen LogP contribution is 2.26. The molecule has 10 heteroatoms. The topological polar surface area (TPSA) is 102 Å². The Bertz CT molecular complexity index is 1070. The third-order valence-corrected chi connectivity index (χ3v) is 6.88. The van der Waals surface area contributed by atoms with Crippen LogP contribution in [0.5, 0.6) is 0 Å². The van der Waals surface area contributed by atoms with E-state index >= 15 is 0 Å². The average Bonchev–Trinajstić information content (AvgIpc) is 3.30. The number of carbonyl (C=O) groups excluding carboxylic acids is 2. The summed E-state index contributed by atoms with van der Waals surface area (Å²) in [5.74, 6) is -1.27. The number of amides is 1. The maximum atomic E-state index is 12.8. The number of ether oxygens (including phenoxy) is 2. The molecule has 172 valence electrons. The summed E-state index contributed by atoms with van der Waals surface area (Å²) in [5, 5.41) is -0.0367. The molecule has 3 rings (SSSR count). The lowest BCUT2D eigenvalue weighted by Crippen LogP contribution is -2.32. The normalized spacial score (nSPS) is 17.0. The van der Waals surface area contributed by atoms with Crippen molar-refractivity contribution in [1.29, 1.82) is 0 Å². The van der Waals surface area contributed by atoms with Gasteiger partial charge in [0.1, 0.15) is 4.90 Å². The minimum absolute atomic E-state index is 0.0367. The number of sulfonamides is 1. The first-order valence-electron chi connectivity index (χ1n) is 10.1. The van der Waals surface area contributed by atoms with Gasteiger partial charge in [0.25, 0.3) is 5.91 Å². The molecule has 32 heavy (non-hydrogen) atoms. The van der Waals surface area contributed by atoms with Gasteiger partial charge in [-0.25, -0.2) is 17.9 Å². The van der Waals surface area contributed by atoms with Crippen molar-refractivity contribution in [2.45, 2.75) is 29.9 Å².